The number of imidazole rings is 1. The van der Waals surface area contributed by atoms with Gasteiger partial charge in [-0.1, -0.05) is 6.07 Å². The first-order chi connectivity index (χ1) is 12.8. The van der Waals surface area contributed by atoms with Crippen molar-refractivity contribution in [1.82, 2.24) is 14.0 Å². The van der Waals surface area contributed by atoms with Crippen molar-refractivity contribution in [3.63, 3.8) is 0 Å². The molecule has 142 valence electrons. The van der Waals surface area contributed by atoms with Gasteiger partial charge in [-0.3, -0.25) is 23.6 Å². The van der Waals surface area contributed by atoms with Gasteiger partial charge in [-0.2, -0.15) is 0 Å². The summed E-state index contributed by atoms with van der Waals surface area (Å²) in [4.78, 5) is 49.9. The van der Waals surface area contributed by atoms with E-state index in [4.69, 9.17) is 4.74 Å². The number of carbonyl (C=O) groups is 3. The third-order valence-corrected chi connectivity index (χ3v) is 5.32. The standard InChI is InChI=1S/C18H19N3O5S/c1-5-26-16(23)10(2)21-15(22)14(27-18(21)25)9-11-6-7-12-13(8-11)20(4)17(24)19(12)3/h6-10H,5H2,1-4H3/t10-/m0/s1. The van der Waals surface area contributed by atoms with Gasteiger partial charge in [0.2, 0.25) is 0 Å². The van der Waals surface area contributed by atoms with E-state index in [-0.39, 0.29) is 17.2 Å². The Kier molecular flexibility index (Phi) is 4.97. The van der Waals surface area contributed by atoms with E-state index >= 15 is 0 Å². The first-order valence-electron chi connectivity index (χ1n) is 8.35. The Morgan fingerprint density at radius 1 is 1.19 bits per heavy atom. The van der Waals surface area contributed by atoms with Gasteiger partial charge >= 0.3 is 11.7 Å². The number of aryl methyl sites for hydroxylation is 2. The number of aromatic nitrogens is 2. The minimum absolute atomic E-state index is 0.147. The zero-order chi connectivity index (χ0) is 19.9. The molecule has 2 heterocycles. The van der Waals surface area contributed by atoms with Crippen LogP contribution in [-0.4, -0.2) is 43.8 Å². The van der Waals surface area contributed by atoms with E-state index in [1.165, 1.54) is 16.1 Å². The molecule has 0 saturated carbocycles. The molecule has 0 N–H and O–H groups in total. The quantitative estimate of drug-likeness (QED) is 0.586. The summed E-state index contributed by atoms with van der Waals surface area (Å²) < 4.78 is 7.94. The van der Waals surface area contributed by atoms with Gasteiger partial charge in [-0.15, -0.1) is 0 Å². The fraction of sp³-hybridized carbons (Fsp3) is 0.333. The van der Waals surface area contributed by atoms with Crippen molar-refractivity contribution in [1.29, 1.82) is 0 Å². The van der Waals surface area contributed by atoms with Crippen LogP contribution in [0.3, 0.4) is 0 Å². The third kappa shape index (κ3) is 3.18. The van der Waals surface area contributed by atoms with E-state index in [1.807, 2.05) is 0 Å². The molecular weight excluding hydrogens is 370 g/mol. The number of nitrogens with zero attached hydrogens (tertiary/aromatic N) is 3. The van der Waals surface area contributed by atoms with Crippen LogP contribution in [0, 0.1) is 0 Å². The largest absolute Gasteiger partial charge is 0.464 e. The van der Waals surface area contributed by atoms with Gasteiger partial charge in [0.15, 0.2) is 0 Å². The SMILES string of the molecule is CCOC(=O)[C@H](C)N1C(=O)SC(=Cc2ccc3c(c2)n(C)c(=O)n3C)C1=O. The van der Waals surface area contributed by atoms with Gasteiger partial charge in [-0.05, 0) is 49.4 Å². The highest BCUT2D eigenvalue weighted by atomic mass is 32.2. The molecule has 0 bridgehead atoms. The van der Waals surface area contributed by atoms with Crippen molar-refractivity contribution in [3.8, 4) is 0 Å². The van der Waals surface area contributed by atoms with Crippen LogP contribution in [-0.2, 0) is 28.4 Å². The van der Waals surface area contributed by atoms with Gasteiger partial charge < -0.3 is 4.74 Å². The smallest absolute Gasteiger partial charge is 0.329 e. The monoisotopic (exact) mass is 389 g/mol. The predicted molar refractivity (Wildman–Crippen MR) is 102 cm³/mol. The number of carbonyl (C=O) groups excluding carboxylic acids is 3. The number of hydrogen-bond donors (Lipinski definition) is 0. The summed E-state index contributed by atoms with van der Waals surface area (Å²) in [5.41, 5.74) is 2.02. The van der Waals surface area contributed by atoms with Crippen LogP contribution in [0.15, 0.2) is 27.9 Å². The molecule has 1 aliphatic rings. The van der Waals surface area contributed by atoms with Gasteiger partial charge in [0.05, 0.1) is 22.5 Å². The van der Waals surface area contributed by atoms with Crippen LogP contribution in [0.2, 0.25) is 0 Å². The maximum atomic E-state index is 12.6. The molecule has 8 nitrogen and oxygen atoms in total. The molecule has 2 aromatic rings. The highest BCUT2D eigenvalue weighted by Crippen LogP contribution is 2.34. The van der Waals surface area contributed by atoms with Crippen molar-refractivity contribution in [2.24, 2.45) is 14.1 Å². The van der Waals surface area contributed by atoms with Crippen LogP contribution in [0.5, 0.6) is 0 Å². The summed E-state index contributed by atoms with van der Waals surface area (Å²) in [6.07, 6.45) is 1.58. The number of benzene rings is 1. The van der Waals surface area contributed by atoms with Crippen molar-refractivity contribution >= 4 is 46.0 Å². The zero-order valence-electron chi connectivity index (χ0n) is 15.4. The number of thioether (sulfide) groups is 1. The summed E-state index contributed by atoms with van der Waals surface area (Å²) >= 11 is 0.775. The van der Waals surface area contributed by atoms with Gasteiger partial charge in [-0.25, -0.2) is 9.59 Å². The fourth-order valence-electron chi connectivity index (χ4n) is 2.95. The number of fused-ring (bicyclic) bond motifs is 1. The number of esters is 1. The number of rotatable bonds is 4. The Hall–Kier alpha value is -2.81. The van der Waals surface area contributed by atoms with Crippen LogP contribution in [0.25, 0.3) is 17.1 Å². The molecule has 0 unspecified atom stereocenters. The molecule has 0 radical (unpaired) electrons. The summed E-state index contributed by atoms with van der Waals surface area (Å²) in [7, 11) is 3.36. The topological polar surface area (TPSA) is 90.6 Å². The Bertz CT molecular complexity index is 1050. The van der Waals surface area contributed by atoms with E-state index < -0.39 is 23.2 Å². The van der Waals surface area contributed by atoms with E-state index in [0.717, 1.165) is 27.7 Å². The first-order valence-corrected chi connectivity index (χ1v) is 9.17. The molecule has 1 aromatic carbocycles. The Morgan fingerprint density at radius 3 is 2.52 bits per heavy atom. The number of amides is 2. The molecule has 0 spiro atoms. The summed E-state index contributed by atoms with van der Waals surface area (Å²) in [5.74, 6) is -1.16. The molecule has 9 heteroatoms. The average molecular weight is 389 g/mol. The Labute approximate surface area is 159 Å². The second-order valence-electron chi connectivity index (χ2n) is 6.13. The Balaban J connectivity index is 1.94. The molecule has 1 saturated heterocycles. The summed E-state index contributed by atoms with van der Waals surface area (Å²) in [5, 5.41) is -0.514. The van der Waals surface area contributed by atoms with Gasteiger partial charge in [0, 0.05) is 14.1 Å². The first kappa shape index (κ1) is 19.0. The second-order valence-corrected chi connectivity index (χ2v) is 7.12. The lowest BCUT2D eigenvalue weighted by atomic mass is 10.1. The lowest BCUT2D eigenvalue weighted by Gasteiger charge is -2.19. The lowest BCUT2D eigenvalue weighted by molar-refractivity contribution is -0.150. The maximum absolute atomic E-state index is 12.6. The molecule has 1 aliphatic heterocycles. The average Bonchev–Trinajstić information content (AvgIpc) is 3.03. The molecule has 1 aromatic heterocycles. The maximum Gasteiger partial charge on any atom is 0.329 e. The minimum atomic E-state index is -0.985. The van der Waals surface area contributed by atoms with E-state index in [0.29, 0.717) is 5.56 Å². The highest BCUT2D eigenvalue weighted by Gasteiger charge is 2.41. The van der Waals surface area contributed by atoms with Crippen molar-refractivity contribution in [2.75, 3.05) is 6.61 Å². The molecule has 3 rings (SSSR count). The fourth-order valence-corrected chi connectivity index (χ4v) is 3.86. The third-order valence-electron chi connectivity index (χ3n) is 4.43. The van der Waals surface area contributed by atoms with Crippen LogP contribution in [0.4, 0.5) is 4.79 Å². The van der Waals surface area contributed by atoms with Gasteiger partial charge in [0.25, 0.3) is 11.1 Å². The molecular formula is C18H19N3O5S. The zero-order valence-corrected chi connectivity index (χ0v) is 16.2. The molecule has 27 heavy (non-hydrogen) atoms. The Morgan fingerprint density at radius 2 is 1.85 bits per heavy atom. The minimum Gasteiger partial charge on any atom is -0.464 e. The van der Waals surface area contributed by atoms with Gasteiger partial charge in [0.1, 0.15) is 6.04 Å². The molecule has 1 atom stereocenters. The summed E-state index contributed by atoms with van der Waals surface area (Å²) in [6, 6.07) is 4.35. The van der Waals surface area contributed by atoms with E-state index in [9.17, 15) is 19.2 Å². The molecule has 0 aliphatic carbocycles. The van der Waals surface area contributed by atoms with E-state index in [2.05, 4.69) is 0 Å². The van der Waals surface area contributed by atoms with Crippen LogP contribution >= 0.6 is 11.8 Å². The van der Waals surface area contributed by atoms with E-state index in [1.54, 1.807) is 45.3 Å². The number of hydrogen-bond acceptors (Lipinski definition) is 6. The van der Waals surface area contributed by atoms with Crippen molar-refractivity contribution in [2.45, 2.75) is 19.9 Å². The van der Waals surface area contributed by atoms with Crippen molar-refractivity contribution < 1.29 is 19.1 Å². The molecule has 2 amide bonds. The van der Waals surface area contributed by atoms with Crippen LogP contribution in [0.1, 0.15) is 19.4 Å². The van der Waals surface area contributed by atoms with Crippen molar-refractivity contribution in [3.05, 3.63) is 39.2 Å². The summed E-state index contributed by atoms with van der Waals surface area (Å²) in [6.45, 7) is 3.29. The van der Waals surface area contributed by atoms with Crippen LogP contribution < -0.4 is 5.69 Å². The lowest BCUT2D eigenvalue weighted by Crippen LogP contribution is -2.42. The molecule has 1 fully saturated rings. The number of ether oxygens (including phenoxy) is 1. The normalized spacial score (nSPS) is 17.2. The second kappa shape index (κ2) is 7.07. The predicted octanol–water partition coefficient (Wildman–Crippen LogP) is 1.86. The number of imide groups is 1. The highest BCUT2D eigenvalue weighted by molar-refractivity contribution is 8.18.